The number of nitrogens with zero attached hydrogens (tertiary/aromatic N) is 1. The summed E-state index contributed by atoms with van der Waals surface area (Å²) >= 11 is 5.75. The minimum absolute atomic E-state index is 0.0342. The van der Waals surface area contributed by atoms with Crippen LogP contribution in [-0.2, 0) is 6.54 Å². The summed E-state index contributed by atoms with van der Waals surface area (Å²) < 4.78 is 15.7. The molecule has 1 amide bonds. The van der Waals surface area contributed by atoms with Gasteiger partial charge in [0.25, 0.3) is 11.6 Å². The number of rotatable bonds is 7. The van der Waals surface area contributed by atoms with Gasteiger partial charge >= 0.3 is 0 Å². The van der Waals surface area contributed by atoms with Gasteiger partial charge in [-0.05, 0) is 18.2 Å². The molecule has 9 heteroatoms. The molecule has 0 aliphatic rings. The number of benzene rings is 2. The molecule has 0 radical (unpaired) electrons. The van der Waals surface area contributed by atoms with Crippen LogP contribution in [0.2, 0.25) is 5.02 Å². The number of carbonyl (C=O) groups excluding carboxylic acids is 1. The van der Waals surface area contributed by atoms with Gasteiger partial charge in [-0.25, -0.2) is 0 Å². The third-order valence-electron chi connectivity index (χ3n) is 3.63. The molecule has 0 heterocycles. The van der Waals surface area contributed by atoms with E-state index in [2.05, 4.69) is 5.32 Å². The second-order valence-corrected chi connectivity index (χ2v) is 5.53. The van der Waals surface area contributed by atoms with E-state index in [1.54, 1.807) is 12.1 Å². The van der Waals surface area contributed by atoms with Gasteiger partial charge in [-0.15, -0.1) is 0 Å². The van der Waals surface area contributed by atoms with Gasteiger partial charge in [0.15, 0.2) is 11.5 Å². The topological polar surface area (TPSA) is 99.9 Å². The van der Waals surface area contributed by atoms with Crippen molar-refractivity contribution in [1.82, 2.24) is 5.32 Å². The zero-order chi connectivity index (χ0) is 19.3. The van der Waals surface area contributed by atoms with Crippen LogP contribution in [0.25, 0.3) is 0 Å². The Balaban J connectivity index is 2.22. The zero-order valence-corrected chi connectivity index (χ0v) is 15.1. The van der Waals surface area contributed by atoms with Crippen LogP contribution in [0.4, 0.5) is 5.69 Å². The Morgan fingerprint density at radius 1 is 1.08 bits per heavy atom. The Bertz CT molecular complexity index is 840. The molecule has 26 heavy (non-hydrogen) atoms. The summed E-state index contributed by atoms with van der Waals surface area (Å²) in [5, 5.41) is 13.6. The summed E-state index contributed by atoms with van der Waals surface area (Å²) in [4.78, 5) is 22.6. The van der Waals surface area contributed by atoms with Crippen molar-refractivity contribution in [2.24, 2.45) is 0 Å². The van der Waals surface area contributed by atoms with Crippen LogP contribution in [0.3, 0.4) is 0 Å². The van der Waals surface area contributed by atoms with Gasteiger partial charge in [0, 0.05) is 29.8 Å². The van der Waals surface area contributed by atoms with Crippen molar-refractivity contribution in [2.45, 2.75) is 6.54 Å². The molecule has 0 aromatic heterocycles. The van der Waals surface area contributed by atoms with Crippen molar-refractivity contribution in [3.8, 4) is 17.2 Å². The number of nitro benzene ring substituents is 1. The number of hydrogen-bond acceptors (Lipinski definition) is 6. The van der Waals surface area contributed by atoms with Crippen LogP contribution in [-0.4, -0.2) is 32.2 Å². The van der Waals surface area contributed by atoms with E-state index >= 15 is 0 Å². The molecule has 0 unspecified atom stereocenters. The average molecular weight is 381 g/mol. The first-order chi connectivity index (χ1) is 12.4. The minimum atomic E-state index is -0.642. The predicted molar refractivity (Wildman–Crippen MR) is 95.4 cm³/mol. The molecule has 0 spiro atoms. The molecular formula is C17H17ClN2O6. The molecule has 0 aliphatic carbocycles. The predicted octanol–water partition coefficient (Wildman–Crippen LogP) is 3.20. The van der Waals surface area contributed by atoms with Crippen LogP contribution >= 0.6 is 11.6 Å². The molecule has 0 saturated heterocycles. The Labute approximate surface area is 154 Å². The van der Waals surface area contributed by atoms with Gasteiger partial charge in [0.2, 0.25) is 0 Å². The minimum Gasteiger partial charge on any atom is -0.496 e. The summed E-state index contributed by atoms with van der Waals surface area (Å²) in [6, 6.07) is 7.18. The second-order valence-electron chi connectivity index (χ2n) is 5.13. The normalized spacial score (nSPS) is 10.2. The monoisotopic (exact) mass is 380 g/mol. The summed E-state index contributed by atoms with van der Waals surface area (Å²) in [7, 11) is 4.50. The number of hydrogen-bond donors (Lipinski definition) is 1. The van der Waals surface area contributed by atoms with Crippen LogP contribution in [0.5, 0.6) is 17.2 Å². The molecule has 0 aliphatic heterocycles. The average Bonchev–Trinajstić information content (AvgIpc) is 2.65. The van der Waals surface area contributed by atoms with E-state index in [-0.39, 0.29) is 22.8 Å². The molecule has 8 nitrogen and oxygen atoms in total. The van der Waals surface area contributed by atoms with Crippen LogP contribution in [0.1, 0.15) is 15.9 Å². The fraction of sp³-hybridized carbons (Fsp3) is 0.235. The lowest BCUT2D eigenvalue weighted by atomic mass is 10.1. The first-order valence-electron chi connectivity index (χ1n) is 7.42. The van der Waals surface area contributed by atoms with Gasteiger partial charge < -0.3 is 19.5 Å². The van der Waals surface area contributed by atoms with Crippen molar-refractivity contribution in [1.29, 1.82) is 0 Å². The highest BCUT2D eigenvalue weighted by atomic mass is 35.5. The molecule has 2 aromatic carbocycles. The van der Waals surface area contributed by atoms with E-state index in [0.717, 1.165) is 6.07 Å². The first-order valence-corrected chi connectivity index (χ1v) is 7.80. The number of nitrogens with one attached hydrogen (secondary N) is 1. The molecule has 0 fully saturated rings. The molecule has 2 rings (SSSR count). The van der Waals surface area contributed by atoms with Crippen molar-refractivity contribution in [3.63, 3.8) is 0 Å². The molecule has 2 aromatic rings. The highest BCUT2D eigenvalue weighted by Crippen LogP contribution is 2.34. The van der Waals surface area contributed by atoms with Gasteiger partial charge in [-0.3, -0.25) is 14.9 Å². The lowest BCUT2D eigenvalue weighted by Gasteiger charge is -2.14. The molecule has 1 N–H and O–H groups in total. The van der Waals surface area contributed by atoms with Crippen molar-refractivity contribution in [2.75, 3.05) is 21.3 Å². The van der Waals surface area contributed by atoms with Gasteiger partial charge in [-0.1, -0.05) is 11.6 Å². The standard InChI is InChI=1S/C17H17ClN2O6/c1-24-14-8-16(26-3)15(25-2)7-11(14)9-19-17(21)10-4-5-12(18)13(6-10)20(22)23/h4-8H,9H2,1-3H3,(H,19,21). The fourth-order valence-electron chi connectivity index (χ4n) is 2.30. The lowest BCUT2D eigenvalue weighted by molar-refractivity contribution is -0.384. The van der Waals surface area contributed by atoms with Crippen molar-refractivity contribution < 1.29 is 23.9 Å². The van der Waals surface area contributed by atoms with Gasteiger partial charge in [0.05, 0.1) is 26.3 Å². The van der Waals surface area contributed by atoms with Crippen LogP contribution in [0.15, 0.2) is 30.3 Å². The Hall–Kier alpha value is -3.00. The van der Waals surface area contributed by atoms with E-state index < -0.39 is 10.8 Å². The summed E-state index contributed by atoms with van der Waals surface area (Å²) in [5.41, 5.74) is 0.450. The molecule has 138 valence electrons. The number of nitro groups is 1. The van der Waals surface area contributed by atoms with E-state index in [0.29, 0.717) is 22.8 Å². The van der Waals surface area contributed by atoms with Crippen LogP contribution < -0.4 is 19.5 Å². The highest BCUT2D eigenvalue weighted by molar-refractivity contribution is 6.32. The van der Waals surface area contributed by atoms with Crippen LogP contribution in [0, 0.1) is 10.1 Å². The van der Waals surface area contributed by atoms with E-state index in [1.807, 2.05) is 0 Å². The zero-order valence-electron chi connectivity index (χ0n) is 14.4. The largest absolute Gasteiger partial charge is 0.496 e. The quantitative estimate of drug-likeness (QED) is 0.584. The second kappa shape index (κ2) is 8.39. The summed E-state index contributed by atoms with van der Waals surface area (Å²) in [5.74, 6) is 0.999. The number of halogens is 1. The van der Waals surface area contributed by atoms with E-state index in [9.17, 15) is 14.9 Å². The molecule has 0 bridgehead atoms. The van der Waals surface area contributed by atoms with Gasteiger partial charge in [0.1, 0.15) is 10.8 Å². The molecular weight excluding hydrogens is 364 g/mol. The number of carbonyl (C=O) groups is 1. The Morgan fingerprint density at radius 3 is 2.27 bits per heavy atom. The Morgan fingerprint density at radius 2 is 1.69 bits per heavy atom. The van der Waals surface area contributed by atoms with Crippen molar-refractivity contribution >= 4 is 23.2 Å². The lowest BCUT2D eigenvalue weighted by Crippen LogP contribution is -2.23. The Kier molecular flexibility index (Phi) is 6.24. The fourth-order valence-corrected chi connectivity index (χ4v) is 2.49. The summed E-state index contributed by atoms with van der Waals surface area (Å²) in [6.45, 7) is 0.124. The maximum Gasteiger partial charge on any atom is 0.288 e. The smallest absolute Gasteiger partial charge is 0.288 e. The van der Waals surface area contributed by atoms with E-state index in [1.165, 1.54) is 33.5 Å². The maximum atomic E-state index is 12.3. The molecule has 0 saturated carbocycles. The van der Waals surface area contributed by atoms with Crippen molar-refractivity contribution in [3.05, 3.63) is 56.6 Å². The SMILES string of the molecule is COc1cc(OC)c(OC)cc1CNC(=O)c1ccc(Cl)c([N+](=O)[O-])c1. The molecule has 0 atom stereocenters. The third kappa shape index (κ3) is 4.15. The van der Waals surface area contributed by atoms with E-state index in [4.69, 9.17) is 25.8 Å². The van der Waals surface area contributed by atoms with Gasteiger partial charge in [-0.2, -0.15) is 0 Å². The number of methoxy groups -OCH3 is 3. The third-order valence-corrected chi connectivity index (χ3v) is 3.95. The highest BCUT2D eigenvalue weighted by Gasteiger charge is 2.17. The first kappa shape index (κ1) is 19.3. The summed E-state index contributed by atoms with van der Waals surface area (Å²) in [6.07, 6.45) is 0. The number of amides is 1. The maximum absolute atomic E-state index is 12.3. The number of ether oxygens (including phenoxy) is 3.